The molecular weight excluding hydrogens is 308 g/mol. The lowest BCUT2D eigenvalue weighted by atomic mass is 9.94. The molecule has 0 saturated carbocycles. The predicted molar refractivity (Wildman–Crippen MR) is 93.8 cm³/mol. The Morgan fingerprint density at radius 3 is 2.42 bits per heavy atom. The maximum Gasteiger partial charge on any atom is 0.407 e. The van der Waals surface area contributed by atoms with Gasteiger partial charge in [-0.3, -0.25) is 4.79 Å². The number of esters is 1. The molecule has 0 bridgehead atoms. The zero-order valence-corrected chi connectivity index (χ0v) is 15.4. The summed E-state index contributed by atoms with van der Waals surface area (Å²) in [6.45, 7) is 9.26. The van der Waals surface area contributed by atoms with Crippen LogP contribution in [0.2, 0.25) is 0 Å². The smallest absolute Gasteiger partial charge is 0.407 e. The van der Waals surface area contributed by atoms with Gasteiger partial charge in [-0.2, -0.15) is 0 Å². The summed E-state index contributed by atoms with van der Waals surface area (Å²) in [7, 11) is 1.32. The number of nitrogens with one attached hydrogen (secondary N) is 1. The van der Waals surface area contributed by atoms with Crippen LogP contribution in [0.25, 0.3) is 0 Å². The van der Waals surface area contributed by atoms with Gasteiger partial charge in [0.25, 0.3) is 0 Å². The number of nitrogen functional groups attached to an aromatic ring is 1. The molecule has 1 rings (SSSR count). The molecule has 0 aromatic heterocycles. The van der Waals surface area contributed by atoms with E-state index >= 15 is 0 Å². The molecule has 6 heteroatoms. The summed E-state index contributed by atoms with van der Waals surface area (Å²) in [5, 5.41) is 2.76. The zero-order chi connectivity index (χ0) is 18.5. The first kappa shape index (κ1) is 19.8. The number of aryl methyl sites for hydroxylation is 1. The van der Waals surface area contributed by atoms with Crippen molar-refractivity contribution in [2.24, 2.45) is 0 Å². The molecule has 0 heterocycles. The van der Waals surface area contributed by atoms with Gasteiger partial charge in [-0.25, -0.2) is 4.79 Å². The molecule has 3 N–H and O–H groups in total. The van der Waals surface area contributed by atoms with E-state index < -0.39 is 23.7 Å². The van der Waals surface area contributed by atoms with Gasteiger partial charge in [0.05, 0.1) is 13.5 Å². The van der Waals surface area contributed by atoms with Crippen LogP contribution in [0.3, 0.4) is 0 Å². The average molecular weight is 336 g/mol. The van der Waals surface area contributed by atoms with E-state index in [1.807, 2.05) is 26.0 Å². The Bertz CT molecular complexity index is 606. The van der Waals surface area contributed by atoms with Crippen molar-refractivity contribution < 1.29 is 19.1 Å². The van der Waals surface area contributed by atoms with Crippen LogP contribution >= 0.6 is 0 Å². The lowest BCUT2D eigenvalue weighted by Gasteiger charge is -2.24. The summed E-state index contributed by atoms with van der Waals surface area (Å²) in [5.74, 6) is -0.393. The number of methoxy groups -OCH3 is 1. The summed E-state index contributed by atoms with van der Waals surface area (Å²) < 4.78 is 10.0. The second-order valence-corrected chi connectivity index (χ2v) is 6.90. The third-order valence-corrected chi connectivity index (χ3v) is 3.69. The molecule has 134 valence electrons. The van der Waals surface area contributed by atoms with Crippen LogP contribution < -0.4 is 11.1 Å². The van der Waals surface area contributed by atoms with Crippen molar-refractivity contribution in [3.63, 3.8) is 0 Å². The number of anilines is 1. The van der Waals surface area contributed by atoms with Crippen LogP contribution in [0.5, 0.6) is 0 Å². The van der Waals surface area contributed by atoms with Crippen LogP contribution in [0.1, 0.15) is 43.9 Å². The van der Waals surface area contributed by atoms with Crippen LogP contribution in [0.15, 0.2) is 12.1 Å². The van der Waals surface area contributed by atoms with E-state index in [1.54, 1.807) is 20.8 Å². The maximum absolute atomic E-state index is 12.1. The summed E-state index contributed by atoms with van der Waals surface area (Å²) in [6.07, 6.45) is -0.0314. The number of ether oxygens (including phenoxy) is 2. The molecule has 1 atom stereocenters. The Balaban J connectivity index is 2.97. The first-order valence-electron chi connectivity index (χ1n) is 7.94. The number of hydrogen-bond donors (Lipinski definition) is 2. The normalized spacial score (nSPS) is 12.4. The number of alkyl carbamates (subject to hydrolysis) is 1. The highest BCUT2D eigenvalue weighted by Crippen LogP contribution is 2.22. The molecule has 1 amide bonds. The molecule has 24 heavy (non-hydrogen) atoms. The van der Waals surface area contributed by atoms with Crippen LogP contribution in [0, 0.1) is 13.8 Å². The number of carbonyl (C=O) groups excluding carboxylic acids is 2. The fraction of sp³-hybridized carbons (Fsp3) is 0.556. The Kier molecular flexibility index (Phi) is 6.63. The van der Waals surface area contributed by atoms with Gasteiger partial charge in [0.1, 0.15) is 5.60 Å². The first-order chi connectivity index (χ1) is 11.0. The zero-order valence-electron chi connectivity index (χ0n) is 15.4. The highest BCUT2D eigenvalue weighted by atomic mass is 16.6. The van der Waals surface area contributed by atoms with Gasteiger partial charge in [-0.15, -0.1) is 0 Å². The summed E-state index contributed by atoms with van der Waals surface area (Å²) >= 11 is 0. The molecule has 6 nitrogen and oxygen atoms in total. The molecule has 0 aliphatic heterocycles. The van der Waals surface area contributed by atoms with Gasteiger partial charge in [-0.05, 0) is 63.8 Å². The fourth-order valence-corrected chi connectivity index (χ4v) is 2.40. The summed E-state index contributed by atoms with van der Waals surface area (Å²) in [6, 6.07) is 3.34. The van der Waals surface area contributed by atoms with Crippen LogP contribution in [0.4, 0.5) is 10.5 Å². The fourth-order valence-electron chi connectivity index (χ4n) is 2.40. The first-order valence-corrected chi connectivity index (χ1v) is 7.94. The van der Waals surface area contributed by atoms with Crippen molar-refractivity contribution in [1.29, 1.82) is 0 Å². The number of hydrogen-bond acceptors (Lipinski definition) is 5. The summed E-state index contributed by atoms with van der Waals surface area (Å²) in [5.41, 5.74) is 9.08. The second kappa shape index (κ2) is 8.04. The van der Waals surface area contributed by atoms with Gasteiger partial charge in [0.2, 0.25) is 0 Å². The van der Waals surface area contributed by atoms with Gasteiger partial charge < -0.3 is 20.5 Å². The Morgan fingerprint density at radius 2 is 1.88 bits per heavy atom. The largest absolute Gasteiger partial charge is 0.469 e. The third kappa shape index (κ3) is 6.10. The van der Waals surface area contributed by atoms with E-state index in [0.717, 1.165) is 16.7 Å². The predicted octanol–water partition coefficient (Wildman–Crippen LogP) is 2.88. The third-order valence-electron chi connectivity index (χ3n) is 3.69. The van der Waals surface area contributed by atoms with Crippen LogP contribution in [-0.2, 0) is 20.7 Å². The molecule has 1 aromatic rings. The van der Waals surface area contributed by atoms with Crippen molar-refractivity contribution in [2.45, 2.75) is 59.1 Å². The van der Waals surface area contributed by atoms with Crippen molar-refractivity contribution in [3.8, 4) is 0 Å². The molecule has 0 saturated heterocycles. The van der Waals surface area contributed by atoms with Crippen molar-refractivity contribution in [2.75, 3.05) is 12.8 Å². The second-order valence-electron chi connectivity index (χ2n) is 6.90. The van der Waals surface area contributed by atoms with Crippen molar-refractivity contribution in [1.82, 2.24) is 5.32 Å². The highest BCUT2D eigenvalue weighted by Gasteiger charge is 2.23. The Labute approximate surface area is 143 Å². The Hall–Kier alpha value is -2.24. The van der Waals surface area contributed by atoms with E-state index in [4.69, 9.17) is 15.2 Å². The molecule has 0 unspecified atom stereocenters. The minimum absolute atomic E-state index is 0.0590. The number of nitrogens with two attached hydrogens (primary N) is 1. The lowest BCUT2D eigenvalue weighted by Crippen LogP contribution is -2.41. The lowest BCUT2D eigenvalue weighted by molar-refractivity contribution is -0.141. The molecular formula is C18H28N2O4. The van der Waals surface area contributed by atoms with Gasteiger partial charge in [-0.1, -0.05) is 6.07 Å². The molecule has 1 aromatic carbocycles. The highest BCUT2D eigenvalue weighted by molar-refractivity contribution is 5.73. The van der Waals surface area contributed by atoms with Crippen molar-refractivity contribution >= 4 is 17.7 Å². The monoisotopic (exact) mass is 336 g/mol. The standard InChI is InChI=1S/C18H28N2O4/c1-11-7-8-15(19)12(2)14(11)9-13(10-16(21)23-6)20-17(22)24-18(3,4)5/h7-8,13H,9-10,19H2,1-6H3,(H,20,22)/t13-/m0/s1. The van der Waals surface area contributed by atoms with E-state index in [9.17, 15) is 9.59 Å². The van der Waals surface area contributed by atoms with Gasteiger partial charge in [0, 0.05) is 11.7 Å². The average Bonchev–Trinajstić information content (AvgIpc) is 2.45. The quantitative estimate of drug-likeness (QED) is 0.637. The number of carbonyl (C=O) groups is 2. The molecule has 0 aliphatic carbocycles. The minimum atomic E-state index is -0.608. The van der Waals surface area contributed by atoms with Gasteiger partial charge in [0.15, 0.2) is 0 Å². The molecule has 0 spiro atoms. The maximum atomic E-state index is 12.1. The number of benzene rings is 1. The van der Waals surface area contributed by atoms with Crippen LogP contribution in [-0.4, -0.2) is 30.8 Å². The van der Waals surface area contributed by atoms with E-state index in [1.165, 1.54) is 7.11 Å². The molecule has 0 fully saturated rings. The number of rotatable bonds is 5. The van der Waals surface area contributed by atoms with E-state index in [2.05, 4.69) is 5.32 Å². The molecule has 0 aliphatic rings. The topological polar surface area (TPSA) is 90.6 Å². The molecule has 0 radical (unpaired) electrons. The van der Waals surface area contributed by atoms with Gasteiger partial charge >= 0.3 is 12.1 Å². The van der Waals surface area contributed by atoms with E-state index in [0.29, 0.717) is 12.1 Å². The number of amides is 1. The summed E-state index contributed by atoms with van der Waals surface area (Å²) in [4.78, 5) is 23.7. The Morgan fingerprint density at radius 1 is 1.25 bits per heavy atom. The van der Waals surface area contributed by atoms with E-state index in [-0.39, 0.29) is 6.42 Å². The minimum Gasteiger partial charge on any atom is -0.469 e. The van der Waals surface area contributed by atoms with Crippen molar-refractivity contribution in [3.05, 3.63) is 28.8 Å². The SMILES string of the molecule is COC(=O)C[C@H](Cc1c(C)ccc(N)c1C)NC(=O)OC(C)(C)C.